The first-order valence-electron chi connectivity index (χ1n) is 5.95. The molecule has 0 aliphatic rings. The lowest BCUT2D eigenvalue weighted by Crippen LogP contribution is -2.03. The van der Waals surface area contributed by atoms with Crippen LogP contribution in [0.3, 0.4) is 0 Å². The highest BCUT2D eigenvalue weighted by Crippen LogP contribution is 2.18. The van der Waals surface area contributed by atoms with E-state index in [2.05, 4.69) is 9.97 Å². The van der Waals surface area contributed by atoms with Gasteiger partial charge in [-0.25, -0.2) is 9.97 Å². The minimum atomic E-state index is -0.570. The van der Waals surface area contributed by atoms with E-state index in [4.69, 9.17) is 16.7 Å². The Labute approximate surface area is 107 Å². The standard InChI is InChI=1S/C12H19ClN2O2/c1-9(17)10-8-14-12(13)15-11(10)6-4-2-3-5-7-16/h8-9,16-17H,2-7H2,1H3. The lowest BCUT2D eigenvalue weighted by atomic mass is 10.0. The number of hydrogen-bond acceptors (Lipinski definition) is 4. The molecule has 1 aromatic heterocycles. The molecule has 0 aromatic carbocycles. The normalized spacial score (nSPS) is 12.7. The molecule has 0 radical (unpaired) electrons. The van der Waals surface area contributed by atoms with Gasteiger partial charge in [-0.05, 0) is 37.8 Å². The van der Waals surface area contributed by atoms with Crippen LogP contribution >= 0.6 is 11.6 Å². The maximum Gasteiger partial charge on any atom is 0.222 e. The Balaban J connectivity index is 2.53. The van der Waals surface area contributed by atoms with Gasteiger partial charge in [0.2, 0.25) is 5.28 Å². The van der Waals surface area contributed by atoms with E-state index in [0.717, 1.165) is 43.4 Å². The summed E-state index contributed by atoms with van der Waals surface area (Å²) in [5.74, 6) is 0. The van der Waals surface area contributed by atoms with Crippen molar-refractivity contribution in [2.24, 2.45) is 0 Å². The molecule has 0 amide bonds. The highest BCUT2D eigenvalue weighted by Gasteiger charge is 2.10. The van der Waals surface area contributed by atoms with Gasteiger partial charge in [0.1, 0.15) is 0 Å². The molecule has 0 bridgehead atoms. The second-order valence-electron chi connectivity index (χ2n) is 4.10. The number of nitrogens with zero attached hydrogens (tertiary/aromatic N) is 2. The number of halogens is 1. The fraction of sp³-hybridized carbons (Fsp3) is 0.667. The number of aromatic nitrogens is 2. The SMILES string of the molecule is CC(O)c1cnc(Cl)nc1CCCCCCO. The van der Waals surface area contributed by atoms with Gasteiger partial charge in [-0.1, -0.05) is 12.8 Å². The van der Waals surface area contributed by atoms with Crippen LogP contribution in [0.25, 0.3) is 0 Å². The van der Waals surface area contributed by atoms with Gasteiger partial charge in [-0.3, -0.25) is 0 Å². The Morgan fingerprint density at radius 1 is 1.29 bits per heavy atom. The molecule has 0 aliphatic heterocycles. The van der Waals surface area contributed by atoms with Gasteiger partial charge in [0.15, 0.2) is 0 Å². The second-order valence-corrected chi connectivity index (χ2v) is 4.44. The molecule has 1 unspecified atom stereocenters. The van der Waals surface area contributed by atoms with E-state index in [9.17, 15) is 5.11 Å². The summed E-state index contributed by atoms with van der Waals surface area (Å²) in [6.45, 7) is 1.94. The van der Waals surface area contributed by atoms with Crippen LogP contribution in [-0.4, -0.2) is 26.8 Å². The number of hydrogen-bond donors (Lipinski definition) is 2. The largest absolute Gasteiger partial charge is 0.396 e. The molecular formula is C12H19ClN2O2. The summed E-state index contributed by atoms with van der Waals surface area (Å²) in [6.07, 6.45) is 5.68. The predicted molar refractivity (Wildman–Crippen MR) is 66.9 cm³/mol. The minimum Gasteiger partial charge on any atom is -0.396 e. The van der Waals surface area contributed by atoms with Crippen molar-refractivity contribution in [2.45, 2.75) is 45.1 Å². The molecule has 4 nitrogen and oxygen atoms in total. The summed E-state index contributed by atoms with van der Waals surface area (Å²) in [6, 6.07) is 0. The maximum absolute atomic E-state index is 9.58. The van der Waals surface area contributed by atoms with Gasteiger partial charge in [-0.15, -0.1) is 0 Å². The van der Waals surface area contributed by atoms with Gasteiger partial charge >= 0.3 is 0 Å². The van der Waals surface area contributed by atoms with Crippen LogP contribution in [0.15, 0.2) is 6.20 Å². The Morgan fingerprint density at radius 2 is 2.00 bits per heavy atom. The molecule has 1 atom stereocenters. The first-order valence-corrected chi connectivity index (χ1v) is 6.33. The topological polar surface area (TPSA) is 66.2 Å². The first-order chi connectivity index (χ1) is 8.15. The average molecular weight is 259 g/mol. The zero-order chi connectivity index (χ0) is 12.7. The fourth-order valence-corrected chi connectivity index (χ4v) is 1.86. The van der Waals surface area contributed by atoms with E-state index in [1.54, 1.807) is 13.1 Å². The predicted octanol–water partition coefficient (Wildman–Crippen LogP) is 2.28. The van der Waals surface area contributed by atoms with Crippen molar-refractivity contribution in [3.05, 3.63) is 22.7 Å². The summed E-state index contributed by atoms with van der Waals surface area (Å²) in [4.78, 5) is 8.04. The molecule has 17 heavy (non-hydrogen) atoms. The van der Waals surface area contributed by atoms with Gasteiger partial charge < -0.3 is 10.2 Å². The van der Waals surface area contributed by atoms with Crippen LogP contribution in [0, 0.1) is 0 Å². The van der Waals surface area contributed by atoms with Crippen LogP contribution in [0.2, 0.25) is 5.28 Å². The number of unbranched alkanes of at least 4 members (excludes halogenated alkanes) is 3. The van der Waals surface area contributed by atoms with Crippen molar-refractivity contribution < 1.29 is 10.2 Å². The quantitative estimate of drug-likeness (QED) is 0.582. The third kappa shape index (κ3) is 4.98. The van der Waals surface area contributed by atoms with Crippen molar-refractivity contribution in [3.8, 4) is 0 Å². The van der Waals surface area contributed by atoms with Gasteiger partial charge in [0.05, 0.1) is 11.8 Å². The van der Waals surface area contributed by atoms with E-state index >= 15 is 0 Å². The summed E-state index contributed by atoms with van der Waals surface area (Å²) < 4.78 is 0. The van der Waals surface area contributed by atoms with E-state index in [1.807, 2.05) is 0 Å². The molecule has 1 rings (SSSR count). The van der Waals surface area contributed by atoms with Crippen molar-refractivity contribution in [2.75, 3.05) is 6.61 Å². The summed E-state index contributed by atoms with van der Waals surface area (Å²) in [5.41, 5.74) is 1.57. The van der Waals surface area contributed by atoms with Crippen molar-refractivity contribution in [3.63, 3.8) is 0 Å². The molecule has 0 spiro atoms. The molecule has 5 heteroatoms. The maximum atomic E-state index is 9.58. The van der Waals surface area contributed by atoms with E-state index < -0.39 is 6.10 Å². The van der Waals surface area contributed by atoms with E-state index in [0.29, 0.717) is 0 Å². The zero-order valence-corrected chi connectivity index (χ0v) is 10.8. The van der Waals surface area contributed by atoms with Crippen LogP contribution in [0.4, 0.5) is 0 Å². The highest BCUT2D eigenvalue weighted by atomic mass is 35.5. The summed E-state index contributed by atoms with van der Waals surface area (Å²) >= 11 is 5.75. The van der Waals surface area contributed by atoms with Crippen LogP contribution in [-0.2, 0) is 6.42 Å². The van der Waals surface area contributed by atoms with Crippen molar-refractivity contribution in [1.82, 2.24) is 9.97 Å². The summed E-state index contributed by atoms with van der Waals surface area (Å²) in [5, 5.41) is 18.5. The zero-order valence-electron chi connectivity index (χ0n) is 10.1. The van der Waals surface area contributed by atoms with Gasteiger partial charge in [-0.2, -0.15) is 0 Å². The molecule has 0 saturated heterocycles. The van der Waals surface area contributed by atoms with E-state index in [-0.39, 0.29) is 11.9 Å². The lowest BCUT2D eigenvalue weighted by molar-refractivity contribution is 0.197. The number of aliphatic hydroxyl groups excluding tert-OH is 2. The monoisotopic (exact) mass is 258 g/mol. The number of aryl methyl sites for hydroxylation is 1. The summed E-state index contributed by atoms with van der Waals surface area (Å²) in [7, 11) is 0. The fourth-order valence-electron chi connectivity index (χ4n) is 1.71. The van der Waals surface area contributed by atoms with Crippen molar-refractivity contribution in [1.29, 1.82) is 0 Å². The van der Waals surface area contributed by atoms with Crippen molar-refractivity contribution >= 4 is 11.6 Å². The second kappa shape index (κ2) is 7.58. The van der Waals surface area contributed by atoms with Gasteiger partial charge in [0, 0.05) is 18.4 Å². The third-order valence-corrected chi connectivity index (χ3v) is 2.82. The number of rotatable bonds is 7. The minimum absolute atomic E-state index is 0.222. The highest BCUT2D eigenvalue weighted by molar-refractivity contribution is 6.28. The molecule has 1 heterocycles. The third-order valence-electron chi connectivity index (χ3n) is 2.64. The molecule has 0 aliphatic carbocycles. The first kappa shape index (κ1) is 14.4. The van der Waals surface area contributed by atoms with Crippen LogP contribution in [0.5, 0.6) is 0 Å². The smallest absolute Gasteiger partial charge is 0.222 e. The molecule has 96 valence electrons. The average Bonchev–Trinajstić information content (AvgIpc) is 2.28. The number of aliphatic hydroxyl groups is 2. The lowest BCUT2D eigenvalue weighted by Gasteiger charge is -2.10. The molecule has 2 N–H and O–H groups in total. The molecular weight excluding hydrogens is 240 g/mol. The Bertz CT molecular complexity index is 345. The molecule has 0 fully saturated rings. The van der Waals surface area contributed by atoms with Crippen LogP contribution < -0.4 is 0 Å². The molecule has 1 aromatic rings. The Morgan fingerprint density at radius 3 is 2.65 bits per heavy atom. The van der Waals surface area contributed by atoms with E-state index in [1.165, 1.54) is 0 Å². The van der Waals surface area contributed by atoms with Crippen LogP contribution in [0.1, 0.15) is 50.0 Å². The molecule has 0 saturated carbocycles. The Kier molecular flexibility index (Phi) is 6.40. The van der Waals surface area contributed by atoms with Gasteiger partial charge in [0.25, 0.3) is 0 Å². The Hall–Kier alpha value is -0.710.